The van der Waals surface area contributed by atoms with Crippen LogP contribution in [0.2, 0.25) is 0 Å². The molecule has 0 aliphatic carbocycles. The Hall–Kier alpha value is -2.03. The Morgan fingerprint density at radius 3 is 1.91 bits per heavy atom. The zero-order valence-corrected chi connectivity index (χ0v) is 21.5. The fourth-order valence-electron chi connectivity index (χ4n) is 4.03. The minimum absolute atomic E-state index is 0.599. The lowest BCUT2D eigenvalue weighted by Crippen LogP contribution is -2.08. The van der Waals surface area contributed by atoms with E-state index in [-0.39, 0.29) is 0 Å². The minimum Gasteiger partial charge on any atom is -0.493 e. The largest absolute Gasteiger partial charge is 0.493 e. The first-order valence-corrected chi connectivity index (χ1v) is 13.5. The van der Waals surface area contributed by atoms with Crippen LogP contribution in [-0.4, -0.2) is 18.2 Å². The lowest BCUT2D eigenvalue weighted by Gasteiger charge is -2.13. The van der Waals surface area contributed by atoms with Gasteiger partial charge in [0.1, 0.15) is 11.5 Å². The molecule has 1 aromatic heterocycles. The third-order valence-corrected chi connectivity index (χ3v) is 6.24. The average Bonchev–Trinajstić information content (AvgIpc) is 2.85. The van der Waals surface area contributed by atoms with E-state index in [0.29, 0.717) is 5.92 Å². The van der Waals surface area contributed by atoms with Gasteiger partial charge in [0.2, 0.25) is 0 Å². The summed E-state index contributed by atoms with van der Waals surface area (Å²) in [6, 6.07) is 12.3. The lowest BCUT2D eigenvalue weighted by atomic mass is 10.0. The van der Waals surface area contributed by atoms with Gasteiger partial charge in [-0.25, -0.2) is 0 Å². The molecule has 0 fully saturated rings. The summed E-state index contributed by atoms with van der Waals surface area (Å²) in [4.78, 5) is 4.59. The summed E-state index contributed by atoms with van der Waals surface area (Å²) < 4.78 is 11.9. The molecule has 0 bridgehead atoms. The summed E-state index contributed by atoms with van der Waals surface area (Å²) in [6.07, 6.45) is 18.9. The number of rotatable bonds is 19. The van der Waals surface area contributed by atoms with Crippen LogP contribution in [-0.2, 0) is 0 Å². The molecule has 0 amide bonds. The zero-order valence-electron chi connectivity index (χ0n) is 21.5. The molecule has 1 aromatic carbocycles. The predicted molar refractivity (Wildman–Crippen MR) is 141 cm³/mol. The number of pyridine rings is 1. The van der Waals surface area contributed by atoms with Gasteiger partial charge in [-0.2, -0.15) is 0 Å². The third-order valence-electron chi connectivity index (χ3n) is 6.24. The number of hydrogen-bond acceptors (Lipinski definition) is 3. The molecule has 1 atom stereocenters. The molecule has 1 heterocycles. The number of ether oxygens (including phenoxy) is 2. The maximum Gasteiger partial charge on any atom is 0.137 e. The molecule has 33 heavy (non-hydrogen) atoms. The Morgan fingerprint density at radius 2 is 1.27 bits per heavy atom. The molecule has 0 aliphatic heterocycles. The van der Waals surface area contributed by atoms with Gasteiger partial charge in [0.25, 0.3) is 0 Å². The normalized spacial score (nSPS) is 12.0. The third kappa shape index (κ3) is 12.1. The van der Waals surface area contributed by atoms with Crippen LogP contribution in [0.25, 0.3) is 11.3 Å². The van der Waals surface area contributed by atoms with Crippen molar-refractivity contribution >= 4 is 0 Å². The number of benzene rings is 1. The van der Waals surface area contributed by atoms with E-state index < -0.39 is 0 Å². The Kier molecular flexibility index (Phi) is 14.4. The first kappa shape index (κ1) is 27.2. The zero-order chi connectivity index (χ0) is 23.6. The average molecular weight is 454 g/mol. The molecule has 2 aromatic rings. The van der Waals surface area contributed by atoms with Crippen LogP contribution >= 0.6 is 0 Å². The van der Waals surface area contributed by atoms with Crippen molar-refractivity contribution in [3.63, 3.8) is 0 Å². The Bertz CT molecular complexity index is 711. The SMILES string of the molecule is CCCCCCCCCCOc1ccc(-c2ccc(OCC(C)CCCCCC)cc2)nc1. The first-order valence-electron chi connectivity index (χ1n) is 13.5. The van der Waals surface area contributed by atoms with Crippen LogP contribution in [0.1, 0.15) is 104 Å². The number of aromatic nitrogens is 1. The van der Waals surface area contributed by atoms with Gasteiger partial charge in [-0.05, 0) is 55.2 Å². The van der Waals surface area contributed by atoms with Gasteiger partial charge in [-0.15, -0.1) is 0 Å². The van der Waals surface area contributed by atoms with Crippen molar-refractivity contribution < 1.29 is 9.47 Å². The van der Waals surface area contributed by atoms with E-state index in [4.69, 9.17) is 9.47 Å². The van der Waals surface area contributed by atoms with Crippen molar-refractivity contribution in [2.45, 2.75) is 104 Å². The van der Waals surface area contributed by atoms with Gasteiger partial charge in [0.15, 0.2) is 0 Å². The van der Waals surface area contributed by atoms with E-state index in [9.17, 15) is 0 Å². The fourth-order valence-corrected chi connectivity index (χ4v) is 4.03. The number of hydrogen-bond donors (Lipinski definition) is 0. The fraction of sp³-hybridized carbons (Fsp3) is 0.633. The molecule has 0 N–H and O–H groups in total. The molecule has 0 spiro atoms. The second-order valence-electron chi connectivity index (χ2n) is 9.49. The Morgan fingerprint density at radius 1 is 0.667 bits per heavy atom. The van der Waals surface area contributed by atoms with Crippen molar-refractivity contribution in [1.82, 2.24) is 4.98 Å². The number of unbranched alkanes of at least 4 members (excludes halogenated alkanes) is 10. The molecule has 184 valence electrons. The highest BCUT2D eigenvalue weighted by Crippen LogP contribution is 2.23. The van der Waals surface area contributed by atoms with E-state index in [1.165, 1.54) is 77.0 Å². The smallest absolute Gasteiger partial charge is 0.137 e. The van der Waals surface area contributed by atoms with E-state index in [2.05, 4.69) is 37.9 Å². The molecule has 1 unspecified atom stereocenters. The van der Waals surface area contributed by atoms with Crippen molar-refractivity contribution in [3.8, 4) is 22.8 Å². The van der Waals surface area contributed by atoms with Gasteiger partial charge >= 0.3 is 0 Å². The summed E-state index contributed by atoms with van der Waals surface area (Å²) >= 11 is 0. The summed E-state index contributed by atoms with van der Waals surface area (Å²) in [5, 5.41) is 0. The van der Waals surface area contributed by atoms with Crippen molar-refractivity contribution in [1.29, 1.82) is 0 Å². The quantitative estimate of drug-likeness (QED) is 0.199. The molecule has 0 radical (unpaired) electrons. The van der Waals surface area contributed by atoms with Crippen LogP contribution in [0, 0.1) is 5.92 Å². The summed E-state index contributed by atoms with van der Waals surface area (Å²) in [7, 11) is 0. The maximum atomic E-state index is 5.99. The molecule has 0 aliphatic rings. The summed E-state index contributed by atoms with van der Waals surface area (Å²) in [5.74, 6) is 2.39. The Labute approximate surface area is 203 Å². The van der Waals surface area contributed by atoms with Gasteiger partial charge in [-0.3, -0.25) is 4.98 Å². The maximum absolute atomic E-state index is 5.99. The summed E-state index contributed by atoms with van der Waals surface area (Å²) in [5.41, 5.74) is 2.06. The molecule has 0 saturated carbocycles. The lowest BCUT2D eigenvalue weighted by molar-refractivity contribution is 0.249. The summed E-state index contributed by atoms with van der Waals surface area (Å²) in [6.45, 7) is 8.37. The van der Waals surface area contributed by atoms with Crippen molar-refractivity contribution in [3.05, 3.63) is 42.6 Å². The first-order chi connectivity index (χ1) is 16.2. The van der Waals surface area contributed by atoms with Gasteiger partial charge in [0, 0.05) is 5.56 Å². The van der Waals surface area contributed by atoms with Crippen molar-refractivity contribution in [2.24, 2.45) is 5.92 Å². The highest BCUT2D eigenvalue weighted by atomic mass is 16.5. The van der Waals surface area contributed by atoms with Gasteiger partial charge in [0.05, 0.1) is 25.1 Å². The van der Waals surface area contributed by atoms with E-state index in [1.807, 2.05) is 30.5 Å². The van der Waals surface area contributed by atoms with Gasteiger partial charge < -0.3 is 9.47 Å². The molecule has 3 nitrogen and oxygen atoms in total. The highest BCUT2D eigenvalue weighted by molar-refractivity contribution is 5.60. The Balaban J connectivity index is 1.64. The number of nitrogens with zero attached hydrogens (tertiary/aromatic N) is 1. The highest BCUT2D eigenvalue weighted by Gasteiger charge is 2.05. The molecule has 3 heteroatoms. The van der Waals surface area contributed by atoms with Crippen LogP contribution in [0.3, 0.4) is 0 Å². The molecular formula is C30H47NO2. The second-order valence-corrected chi connectivity index (χ2v) is 9.49. The topological polar surface area (TPSA) is 31.4 Å². The molecule has 0 saturated heterocycles. The minimum atomic E-state index is 0.599. The van der Waals surface area contributed by atoms with Gasteiger partial charge in [-0.1, -0.05) is 91.4 Å². The molecular weight excluding hydrogens is 406 g/mol. The van der Waals surface area contributed by atoms with E-state index in [1.54, 1.807) is 0 Å². The van der Waals surface area contributed by atoms with Crippen LogP contribution in [0.4, 0.5) is 0 Å². The monoisotopic (exact) mass is 453 g/mol. The standard InChI is InChI=1S/C30H47NO2/c1-4-6-8-10-11-12-13-15-23-32-29-21-22-30(31-24-29)27-17-19-28(20-18-27)33-25-26(3)16-14-9-7-5-2/h17-22,24,26H,4-16,23,25H2,1-3H3. The van der Waals surface area contributed by atoms with Crippen molar-refractivity contribution in [2.75, 3.05) is 13.2 Å². The molecule has 2 rings (SSSR count). The second kappa shape index (κ2) is 17.4. The van der Waals surface area contributed by atoms with Crippen LogP contribution in [0.5, 0.6) is 11.5 Å². The van der Waals surface area contributed by atoms with E-state index >= 15 is 0 Å². The van der Waals surface area contributed by atoms with E-state index in [0.717, 1.165) is 42.4 Å². The predicted octanol–water partition coefficient (Wildman–Crippen LogP) is 9.25. The van der Waals surface area contributed by atoms with Crippen LogP contribution in [0.15, 0.2) is 42.6 Å². The van der Waals surface area contributed by atoms with Crippen LogP contribution < -0.4 is 9.47 Å².